The van der Waals surface area contributed by atoms with Crippen LogP contribution in [0.2, 0.25) is 0 Å². The van der Waals surface area contributed by atoms with Crippen molar-refractivity contribution in [2.45, 2.75) is 32.1 Å². The van der Waals surface area contributed by atoms with Gasteiger partial charge < -0.3 is 25.4 Å². The van der Waals surface area contributed by atoms with Gasteiger partial charge in [-0.3, -0.25) is 0 Å². The second kappa shape index (κ2) is 7.02. The molecule has 0 aromatic carbocycles. The number of nitrogens with two attached hydrogens (primary N) is 1. The van der Waals surface area contributed by atoms with Crippen molar-refractivity contribution in [2.75, 3.05) is 44.4 Å². The maximum absolute atomic E-state index is 9.96. The van der Waals surface area contributed by atoms with Crippen molar-refractivity contribution in [3.05, 3.63) is 11.9 Å². The van der Waals surface area contributed by atoms with Gasteiger partial charge in [-0.2, -0.15) is 0 Å². The van der Waals surface area contributed by atoms with Crippen LogP contribution in [0.15, 0.2) is 6.07 Å². The zero-order valence-electron chi connectivity index (χ0n) is 13.0. The number of nitrogens with zero attached hydrogens (tertiary/aromatic N) is 4. The highest BCUT2D eigenvalue weighted by Gasteiger charge is 2.32. The fraction of sp³-hybridized carbons (Fsp3) is 0.714. The van der Waals surface area contributed by atoms with Crippen molar-refractivity contribution in [3.8, 4) is 0 Å². The highest BCUT2D eigenvalue weighted by atomic mass is 16.5. The summed E-state index contributed by atoms with van der Waals surface area (Å²) in [6.45, 7) is 4.32. The van der Waals surface area contributed by atoms with E-state index in [0.717, 1.165) is 18.8 Å². The van der Waals surface area contributed by atoms with Gasteiger partial charge in [0.25, 0.3) is 0 Å². The monoisotopic (exact) mass is 295 g/mol. The van der Waals surface area contributed by atoms with Crippen LogP contribution in [0.3, 0.4) is 0 Å². The molecule has 1 fully saturated rings. The summed E-state index contributed by atoms with van der Waals surface area (Å²) in [6, 6.07) is 1.99. The molecule has 21 heavy (non-hydrogen) atoms. The van der Waals surface area contributed by atoms with Crippen LogP contribution in [0.25, 0.3) is 0 Å². The standard InChI is InChI=1S/C14H25N5O2/c1-4-21-9-13-16-12(15)6-14(17-13)19-8-11(20)5-10(19)7-18(2)3/h6,10-11,20H,4-5,7-9H2,1-3H3,(H2,15,16,17). The van der Waals surface area contributed by atoms with E-state index >= 15 is 0 Å². The Hall–Kier alpha value is -1.44. The van der Waals surface area contributed by atoms with E-state index in [1.165, 1.54) is 0 Å². The summed E-state index contributed by atoms with van der Waals surface area (Å²) in [7, 11) is 4.05. The normalized spacial score (nSPS) is 22.2. The molecule has 3 N–H and O–H groups in total. The summed E-state index contributed by atoms with van der Waals surface area (Å²) in [5.74, 6) is 1.78. The maximum Gasteiger partial charge on any atom is 0.158 e. The van der Waals surface area contributed by atoms with E-state index in [0.29, 0.717) is 31.4 Å². The molecule has 7 heteroatoms. The molecule has 0 amide bonds. The van der Waals surface area contributed by atoms with Crippen LogP contribution in [0.5, 0.6) is 0 Å². The van der Waals surface area contributed by atoms with Gasteiger partial charge in [0.1, 0.15) is 18.2 Å². The molecule has 2 heterocycles. The molecule has 118 valence electrons. The third-order valence-corrected chi connectivity index (χ3v) is 3.48. The molecule has 2 unspecified atom stereocenters. The van der Waals surface area contributed by atoms with Gasteiger partial charge in [0.15, 0.2) is 5.82 Å². The predicted octanol–water partition coefficient (Wildman–Crippen LogP) is 0.0965. The largest absolute Gasteiger partial charge is 0.391 e. The third-order valence-electron chi connectivity index (χ3n) is 3.48. The van der Waals surface area contributed by atoms with E-state index < -0.39 is 0 Å². The predicted molar refractivity (Wildman–Crippen MR) is 82.1 cm³/mol. The highest BCUT2D eigenvalue weighted by molar-refractivity contribution is 5.49. The number of hydrogen-bond donors (Lipinski definition) is 2. The summed E-state index contributed by atoms with van der Waals surface area (Å²) in [6.07, 6.45) is 0.407. The van der Waals surface area contributed by atoms with Gasteiger partial charge in [0.05, 0.1) is 6.10 Å². The zero-order valence-corrected chi connectivity index (χ0v) is 13.0. The molecule has 0 saturated carbocycles. The number of aliphatic hydroxyl groups excluding tert-OH is 1. The molecule has 2 rings (SSSR count). The van der Waals surface area contributed by atoms with Crippen LogP contribution in [0.1, 0.15) is 19.2 Å². The van der Waals surface area contributed by atoms with Crippen LogP contribution in [-0.4, -0.2) is 65.9 Å². The second-order valence-corrected chi connectivity index (χ2v) is 5.66. The third kappa shape index (κ3) is 4.26. The molecule has 1 saturated heterocycles. The number of aliphatic hydroxyl groups is 1. The fourth-order valence-electron chi connectivity index (χ4n) is 2.68. The second-order valence-electron chi connectivity index (χ2n) is 5.66. The smallest absolute Gasteiger partial charge is 0.158 e. The van der Waals surface area contributed by atoms with Crippen LogP contribution >= 0.6 is 0 Å². The summed E-state index contributed by atoms with van der Waals surface area (Å²) in [5, 5.41) is 9.96. The van der Waals surface area contributed by atoms with Gasteiger partial charge >= 0.3 is 0 Å². The zero-order chi connectivity index (χ0) is 15.4. The number of likely N-dealkylation sites (N-methyl/N-ethyl adjacent to an activating group) is 1. The topological polar surface area (TPSA) is 87.7 Å². The molecule has 0 spiro atoms. The fourth-order valence-corrected chi connectivity index (χ4v) is 2.68. The lowest BCUT2D eigenvalue weighted by Gasteiger charge is -2.28. The van der Waals surface area contributed by atoms with Crippen molar-refractivity contribution >= 4 is 11.6 Å². The lowest BCUT2D eigenvalue weighted by Crippen LogP contribution is -2.38. The van der Waals surface area contributed by atoms with Crippen LogP contribution in [0, 0.1) is 0 Å². The Bertz CT molecular complexity index is 469. The van der Waals surface area contributed by atoms with Crippen molar-refractivity contribution in [2.24, 2.45) is 0 Å². The van der Waals surface area contributed by atoms with Gasteiger partial charge in [-0.25, -0.2) is 9.97 Å². The number of hydrogen-bond acceptors (Lipinski definition) is 7. The Morgan fingerprint density at radius 1 is 1.48 bits per heavy atom. The average Bonchev–Trinajstić information content (AvgIpc) is 2.75. The molecular weight excluding hydrogens is 270 g/mol. The lowest BCUT2D eigenvalue weighted by atomic mass is 10.2. The summed E-state index contributed by atoms with van der Waals surface area (Å²) in [5.41, 5.74) is 5.87. The number of aromatic nitrogens is 2. The van der Waals surface area contributed by atoms with Crippen molar-refractivity contribution in [3.63, 3.8) is 0 Å². The minimum absolute atomic E-state index is 0.226. The van der Waals surface area contributed by atoms with Gasteiger partial charge in [0.2, 0.25) is 0 Å². The van der Waals surface area contributed by atoms with Gasteiger partial charge in [-0.15, -0.1) is 0 Å². The Morgan fingerprint density at radius 2 is 2.24 bits per heavy atom. The van der Waals surface area contributed by atoms with Gasteiger partial charge in [0, 0.05) is 31.8 Å². The Labute approximate surface area is 125 Å². The van der Waals surface area contributed by atoms with E-state index in [1.807, 2.05) is 21.0 Å². The van der Waals surface area contributed by atoms with E-state index in [4.69, 9.17) is 10.5 Å². The number of β-amino-alcohol motifs (C(OH)–C–C–N with tert-alkyl or cyclic N) is 1. The summed E-state index contributed by atoms with van der Waals surface area (Å²) < 4.78 is 5.35. The molecule has 0 bridgehead atoms. The molecule has 1 aromatic rings. The number of anilines is 2. The van der Waals surface area contributed by atoms with E-state index in [2.05, 4.69) is 19.8 Å². The summed E-state index contributed by atoms with van der Waals surface area (Å²) >= 11 is 0. The number of nitrogen functional groups attached to an aromatic ring is 1. The number of rotatable bonds is 6. The van der Waals surface area contributed by atoms with E-state index in [1.54, 1.807) is 6.07 Å². The van der Waals surface area contributed by atoms with Gasteiger partial charge in [-0.05, 0) is 27.4 Å². The summed E-state index contributed by atoms with van der Waals surface area (Å²) in [4.78, 5) is 12.9. The number of ether oxygens (including phenoxy) is 1. The minimum atomic E-state index is -0.332. The van der Waals surface area contributed by atoms with Gasteiger partial charge in [-0.1, -0.05) is 0 Å². The Kier molecular flexibility index (Phi) is 5.33. The first kappa shape index (κ1) is 15.9. The van der Waals surface area contributed by atoms with Crippen LogP contribution in [0.4, 0.5) is 11.6 Å². The molecule has 0 aliphatic carbocycles. The first-order chi connectivity index (χ1) is 9.99. The minimum Gasteiger partial charge on any atom is -0.391 e. The SMILES string of the molecule is CCOCc1nc(N)cc(N2CC(O)CC2CN(C)C)n1. The molecule has 2 atom stereocenters. The van der Waals surface area contributed by atoms with E-state index in [-0.39, 0.29) is 12.1 Å². The molecule has 1 aliphatic rings. The quantitative estimate of drug-likeness (QED) is 0.769. The molecule has 1 aromatic heterocycles. The lowest BCUT2D eigenvalue weighted by molar-refractivity contribution is 0.128. The molecular formula is C14H25N5O2. The Balaban J connectivity index is 2.20. The van der Waals surface area contributed by atoms with E-state index in [9.17, 15) is 5.11 Å². The van der Waals surface area contributed by atoms with Crippen molar-refractivity contribution < 1.29 is 9.84 Å². The van der Waals surface area contributed by atoms with Crippen molar-refractivity contribution in [1.82, 2.24) is 14.9 Å². The molecule has 1 aliphatic heterocycles. The average molecular weight is 295 g/mol. The first-order valence-electron chi connectivity index (χ1n) is 7.30. The molecule has 7 nitrogen and oxygen atoms in total. The highest BCUT2D eigenvalue weighted by Crippen LogP contribution is 2.25. The van der Waals surface area contributed by atoms with Crippen molar-refractivity contribution in [1.29, 1.82) is 0 Å². The first-order valence-corrected chi connectivity index (χ1v) is 7.30. The van der Waals surface area contributed by atoms with Crippen LogP contribution in [-0.2, 0) is 11.3 Å². The molecule has 0 radical (unpaired) electrons. The Morgan fingerprint density at radius 3 is 2.90 bits per heavy atom. The maximum atomic E-state index is 9.96. The van der Waals surface area contributed by atoms with Crippen LogP contribution < -0.4 is 10.6 Å².